The standard InChI is InChI=1S/C15H22ClN3O/c1-20-14-10-13(16)7-6-12(14)11-18-15(17)19-8-4-2-3-5-9-19/h6-7,10H,2-5,8-9,11H2,1H3,(H2,17,18). The first kappa shape index (κ1) is 15.0. The zero-order valence-corrected chi connectivity index (χ0v) is 12.7. The Morgan fingerprint density at radius 2 is 2.00 bits per heavy atom. The minimum atomic E-state index is 0.517. The number of hydrogen-bond acceptors (Lipinski definition) is 2. The number of methoxy groups -OCH3 is 1. The van der Waals surface area contributed by atoms with Gasteiger partial charge in [0.05, 0.1) is 13.7 Å². The molecule has 0 spiro atoms. The Morgan fingerprint density at radius 1 is 1.30 bits per heavy atom. The Hall–Kier alpha value is -1.42. The smallest absolute Gasteiger partial charge is 0.191 e. The number of likely N-dealkylation sites (tertiary alicyclic amines) is 1. The van der Waals surface area contributed by atoms with Gasteiger partial charge in [-0.2, -0.15) is 0 Å². The minimum absolute atomic E-state index is 0.517. The number of ether oxygens (including phenoxy) is 1. The molecule has 0 unspecified atom stereocenters. The molecule has 4 nitrogen and oxygen atoms in total. The molecule has 0 saturated carbocycles. The second kappa shape index (κ2) is 7.39. The summed E-state index contributed by atoms with van der Waals surface area (Å²) in [6, 6.07) is 5.58. The van der Waals surface area contributed by atoms with Gasteiger partial charge in [0, 0.05) is 23.7 Å². The van der Waals surface area contributed by atoms with Crippen molar-refractivity contribution in [3.63, 3.8) is 0 Å². The minimum Gasteiger partial charge on any atom is -0.496 e. The van der Waals surface area contributed by atoms with Crippen LogP contribution in [0.1, 0.15) is 31.2 Å². The third-order valence-corrected chi connectivity index (χ3v) is 3.83. The molecule has 1 heterocycles. The van der Waals surface area contributed by atoms with Gasteiger partial charge in [0.15, 0.2) is 5.96 Å². The Bertz CT molecular complexity index is 468. The number of rotatable bonds is 3. The maximum absolute atomic E-state index is 6.10. The number of nitrogens with two attached hydrogens (primary N) is 1. The lowest BCUT2D eigenvalue weighted by Gasteiger charge is -2.21. The summed E-state index contributed by atoms with van der Waals surface area (Å²) in [4.78, 5) is 6.67. The second-order valence-corrected chi connectivity index (χ2v) is 5.47. The molecule has 1 aromatic rings. The van der Waals surface area contributed by atoms with Crippen LogP contribution in [0.5, 0.6) is 5.75 Å². The lowest BCUT2D eigenvalue weighted by Crippen LogP contribution is -2.38. The first-order valence-electron chi connectivity index (χ1n) is 7.08. The van der Waals surface area contributed by atoms with Crippen molar-refractivity contribution >= 4 is 17.6 Å². The van der Waals surface area contributed by atoms with Crippen LogP contribution in [-0.4, -0.2) is 31.1 Å². The molecule has 0 amide bonds. The fraction of sp³-hybridized carbons (Fsp3) is 0.533. The quantitative estimate of drug-likeness (QED) is 0.689. The summed E-state index contributed by atoms with van der Waals surface area (Å²) in [5.74, 6) is 1.38. The van der Waals surface area contributed by atoms with Crippen molar-refractivity contribution in [2.24, 2.45) is 10.7 Å². The van der Waals surface area contributed by atoms with Gasteiger partial charge in [-0.05, 0) is 25.0 Å². The lowest BCUT2D eigenvalue weighted by atomic mass is 10.2. The van der Waals surface area contributed by atoms with E-state index in [1.165, 1.54) is 25.7 Å². The fourth-order valence-electron chi connectivity index (χ4n) is 2.41. The van der Waals surface area contributed by atoms with Crippen LogP contribution in [0.25, 0.3) is 0 Å². The molecule has 110 valence electrons. The van der Waals surface area contributed by atoms with Gasteiger partial charge in [-0.1, -0.05) is 30.5 Å². The molecule has 1 aliphatic heterocycles. The third kappa shape index (κ3) is 4.04. The molecule has 0 aliphatic carbocycles. The van der Waals surface area contributed by atoms with Crippen molar-refractivity contribution in [3.8, 4) is 5.75 Å². The van der Waals surface area contributed by atoms with Crippen LogP contribution in [0.3, 0.4) is 0 Å². The molecule has 1 aromatic carbocycles. The predicted molar refractivity (Wildman–Crippen MR) is 83.4 cm³/mol. The molecule has 2 rings (SSSR count). The van der Waals surface area contributed by atoms with Gasteiger partial charge in [0.25, 0.3) is 0 Å². The van der Waals surface area contributed by atoms with E-state index in [0.717, 1.165) is 24.4 Å². The van der Waals surface area contributed by atoms with Gasteiger partial charge in [-0.3, -0.25) is 0 Å². The Morgan fingerprint density at radius 3 is 2.65 bits per heavy atom. The van der Waals surface area contributed by atoms with Gasteiger partial charge < -0.3 is 15.4 Å². The van der Waals surface area contributed by atoms with E-state index in [9.17, 15) is 0 Å². The lowest BCUT2D eigenvalue weighted by molar-refractivity contribution is 0.409. The monoisotopic (exact) mass is 295 g/mol. The van der Waals surface area contributed by atoms with Crippen molar-refractivity contribution in [2.75, 3.05) is 20.2 Å². The van der Waals surface area contributed by atoms with E-state index in [4.69, 9.17) is 22.1 Å². The average molecular weight is 296 g/mol. The van der Waals surface area contributed by atoms with E-state index < -0.39 is 0 Å². The summed E-state index contributed by atoms with van der Waals surface area (Å²) in [5.41, 5.74) is 7.09. The van der Waals surface area contributed by atoms with Crippen molar-refractivity contribution < 1.29 is 4.74 Å². The SMILES string of the molecule is COc1cc(Cl)ccc1CN=C(N)N1CCCCCC1. The van der Waals surface area contributed by atoms with Gasteiger partial charge in [0.1, 0.15) is 5.75 Å². The summed E-state index contributed by atoms with van der Waals surface area (Å²) >= 11 is 5.95. The highest BCUT2D eigenvalue weighted by Gasteiger charge is 2.11. The largest absolute Gasteiger partial charge is 0.496 e. The highest BCUT2D eigenvalue weighted by atomic mass is 35.5. The predicted octanol–water partition coefficient (Wildman–Crippen LogP) is 3.04. The van der Waals surface area contributed by atoms with Crippen LogP contribution in [0.15, 0.2) is 23.2 Å². The zero-order chi connectivity index (χ0) is 14.4. The fourth-order valence-corrected chi connectivity index (χ4v) is 2.58. The molecular formula is C15H22ClN3O. The van der Waals surface area contributed by atoms with E-state index in [0.29, 0.717) is 17.5 Å². The number of benzene rings is 1. The molecule has 0 bridgehead atoms. The maximum Gasteiger partial charge on any atom is 0.191 e. The topological polar surface area (TPSA) is 50.9 Å². The van der Waals surface area contributed by atoms with E-state index in [2.05, 4.69) is 9.89 Å². The van der Waals surface area contributed by atoms with E-state index in [1.807, 2.05) is 12.1 Å². The molecule has 0 atom stereocenters. The van der Waals surface area contributed by atoms with Crippen LogP contribution in [0, 0.1) is 0 Å². The summed E-state index contributed by atoms with van der Waals surface area (Å²) in [6.07, 6.45) is 4.96. The van der Waals surface area contributed by atoms with E-state index in [-0.39, 0.29) is 0 Å². The Kier molecular flexibility index (Phi) is 5.53. The Labute approximate surface area is 125 Å². The summed E-state index contributed by atoms with van der Waals surface area (Å²) in [5, 5.41) is 0.662. The zero-order valence-electron chi connectivity index (χ0n) is 11.9. The van der Waals surface area contributed by atoms with Crippen LogP contribution in [0.2, 0.25) is 5.02 Å². The normalized spacial score (nSPS) is 16.9. The van der Waals surface area contributed by atoms with Gasteiger partial charge >= 0.3 is 0 Å². The molecular weight excluding hydrogens is 274 g/mol. The van der Waals surface area contributed by atoms with Crippen molar-refractivity contribution in [1.29, 1.82) is 0 Å². The first-order chi connectivity index (χ1) is 9.70. The summed E-state index contributed by atoms with van der Waals surface area (Å²) in [7, 11) is 1.64. The van der Waals surface area contributed by atoms with E-state index >= 15 is 0 Å². The van der Waals surface area contributed by atoms with Gasteiger partial charge in [0.2, 0.25) is 0 Å². The molecule has 5 heteroatoms. The molecule has 2 N–H and O–H groups in total. The van der Waals surface area contributed by atoms with Gasteiger partial charge in [-0.15, -0.1) is 0 Å². The number of halogens is 1. The molecule has 1 saturated heterocycles. The number of hydrogen-bond donors (Lipinski definition) is 1. The average Bonchev–Trinajstić information content (AvgIpc) is 2.74. The highest BCUT2D eigenvalue weighted by molar-refractivity contribution is 6.30. The second-order valence-electron chi connectivity index (χ2n) is 5.03. The number of nitrogens with zero attached hydrogens (tertiary/aromatic N) is 2. The maximum atomic E-state index is 6.10. The van der Waals surface area contributed by atoms with Gasteiger partial charge in [-0.25, -0.2) is 4.99 Å². The Balaban J connectivity index is 2.03. The summed E-state index contributed by atoms with van der Waals surface area (Å²) < 4.78 is 5.32. The molecule has 1 fully saturated rings. The van der Waals surface area contributed by atoms with Crippen molar-refractivity contribution in [1.82, 2.24) is 4.90 Å². The van der Waals surface area contributed by atoms with Crippen LogP contribution >= 0.6 is 11.6 Å². The van der Waals surface area contributed by atoms with Crippen molar-refractivity contribution in [3.05, 3.63) is 28.8 Å². The highest BCUT2D eigenvalue weighted by Crippen LogP contribution is 2.23. The van der Waals surface area contributed by atoms with Crippen LogP contribution in [-0.2, 0) is 6.54 Å². The molecule has 1 aliphatic rings. The van der Waals surface area contributed by atoms with Crippen LogP contribution < -0.4 is 10.5 Å². The van der Waals surface area contributed by atoms with Crippen molar-refractivity contribution in [2.45, 2.75) is 32.2 Å². The van der Waals surface area contributed by atoms with E-state index in [1.54, 1.807) is 13.2 Å². The molecule has 0 radical (unpaired) electrons. The van der Waals surface area contributed by atoms with Crippen LogP contribution in [0.4, 0.5) is 0 Å². The molecule has 20 heavy (non-hydrogen) atoms. The summed E-state index contributed by atoms with van der Waals surface area (Å²) in [6.45, 7) is 2.53. The number of aliphatic imine (C=N–C) groups is 1. The molecule has 0 aromatic heterocycles. The third-order valence-electron chi connectivity index (χ3n) is 3.59. The number of guanidine groups is 1. The first-order valence-corrected chi connectivity index (χ1v) is 7.46.